The van der Waals surface area contributed by atoms with Crippen molar-refractivity contribution in [3.63, 3.8) is 0 Å². The predicted molar refractivity (Wildman–Crippen MR) is 81.6 cm³/mol. The molecule has 1 heterocycles. The summed E-state index contributed by atoms with van der Waals surface area (Å²) >= 11 is 3.37. The number of carbonyl (C=O) groups is 1. The van der Waals surface area contributed by atoms with E-state index >= 15 is 0 Å². The van der Waals surface area contributed by atoms with Gasteiger partial charge in [-0.3, -0.25) is 4.79 Å². The van der Waals surface area contributed by atoms with Crippen molar-refractivity contribution >= 4 is 38.3 Å². The Kier molecular flexibility index (Phi) is 3.43. The van der Waals surface area contributed by atoms with Gasteiger partial charge in [0.05, 0.1) is 12.4 Å². The lowest BCUT2D eigenvalue weighted by atomic mass is 10.1. The molecule has 0 bridgehead atoms. The first-order chi connectivity index (χ1) is 9.72. The summed E-state index contributed by atoms with van der Waals surface area (Å²) in [6.07, 6.45) is 3.32. The Balaban J connectivity index is 1.88. The Morgan fingerprint density at radius 1 is 1.00 bits per heavy atom. The second-order valence-electron chi connectivity index (χ2n) is 4.30. The largest absolute Gasteiger partial charge is 0.322 e. The number of anilines is 1. The highest BCUT2D eigenvalue weighted by Gasteiger charge is 2.07. The second kappa shape index (κ2) is 5.38. The fourth-order valence-corrected chi connectivity index (χ4v) is 2.31. The molecule has 2 aromatic carbocycles. The minimum absolute atomic E-state index is 0.151. The molecule has 1 amide bonds. The molecular formula is C15H10BrN3O. The minimum Gasteiger partial charge on any atom is -0.322 e. The highest BCUT2D eigenvalue weighted by molar-refractivity contribution is 9.10. The Morgan fingerprint density at radius 2 is 1.80 bits per heavy atom. The summed E-state index contributed by atoms with van der Waals surface area (Å²) in [5.74, 6) is -0.151. The molecule has 1 aromatic heterocycles. The van der Waals surface area contributed by atoms with E-state index in [0.717, 1.165) is 20.9 Å². The lowest BCUT2D eigenvalue weighted by Crippen LogP contribution is -2.11. The summed E-state index contributed by atoms with van der Waals surface area (Å²) in [6, 6.07) is 12.9. The van der Waals surface area contributed by atoms with Gasteiger partial charge in [-0.2, -0.15) is 10.2 Å². The first kappa shape index (κ1) is 12.7. The van der Waals surface area contributed by atoms with Crippen LogP contribution in [0.2, 0.25) is 0 Å². The molecule has 0 radical (unpaired) electrons. The fraction of sp³-hybridized carbons (Fsp3) is 0. The third-order valence-electron chi connectivity index (χ3n) is 2.89. The Labute approximate surface area is 124 Å². The zero-order valence-corrected chi connectivity index (χ0v) is 12.0. The smallest absolute Gasteiger partial charge is 0.255 e. The molecule has 0 aliphatic carbocycles. The molecule has 0 aliphatic heterocycles. The first-order valence-electron chi connectivity index (χ1n) is 6.00. The SMILES string of the molecule is O=C(Nc1cccc(Br)c1)c1ccc2cnncc2c1. The van der Waals surface area contributed by atoms with E-state index in [0.29, 0.717) is 5.56 Å². The van der Waals surface area contributed by atoms with E-state index in [1.807, 2.05) is 30.3 Å². The summed E-state index contributed by atoms with van der Waals surface area (Å²) in [6.45, 7) is 0. The molecule has 0 fully saturated rings. The maximum atomic E-state index is 12.2. The standard InChI is InChI=1S/C15H10BrN3O/c16-13-2-1-3-14(7-13)19-15(20)10-4-5-11-8-17-18-9-12(11)6-10/h1-9H,(H,19,20). The van der Waals surface area contributed by atoms with Gasteiger partial charge in [0.1, 0.15) is 0 Å². The van der Waals surface area contributed by atoms with Crippen LogP contribution in [0, 0.1) is 0 Å². The molecule has 0 spiro atoms. The van der Waals surface area contributed by atoms with E-state index in [4.69, 9.17) is 0 Å². The highest BCUT2D eigenvalue weighted by atomic mass is 79.9. The topological polar surface area (TPSA) is 54.9 Å². The Bertz CT molecular complexity index is 789. The van der Waals surface area contributed by atoms with E-state index in [9.17, 15) is 4.79 Å². The van der Waals surface area contributed by atoms with Gasteiger partial charge in [-0.1, -0.05) is 28.1 Å². The fourth-order valence-electron chi connectivity index (χ4n) is 1.91. The molecule has 3 rings (SSSR count). The second-order valence-corrected chi connectivity index (χ2v) is 5.21. The van der Waals surface area contributed by atoms with Gasteiger partial charge in [-0.15, -0.1) is 0 Å². The van der Waals surface area contributed by atoms with Crippen LogP contribution in [0.3, 0.4) is 0 Å². The number of nitrogens with one attached hydrogen (secondary N) is 1. The molecular weight excluding hydrogens is 318 g/mol. The molecule has 0 aliphatic rings. The van der Waals surface area contributed by atoms with Crippen LogP contribution in [0.25, 0.3) is 10.8 Å². The summed E-state index contributed by atoms with van der Waals surface area (Å²) in [5.41, 5.74) is 1.34. The number of nitrogens with zero attached hydrogens (tertiary/aromatic N) is 2. The molecule has 4 nitrogen and oxygen atoms in total. The van der Waals surface area contributed by atoms with Crippen LogP contribution in [0.5, 0.6) is 0 Å². The summed E-state index contributed by atoms with van der Waals surface area (Å²) < 4.78 is 0.920. The highest BCUT2D eigenvalue weighted by Crippen LogP contribution is 2.18. The molecule has 1 N–H and O–H groups in total. The molecule has 20 heavy (non-hydrogen) atoms. The number of aromatic nitrogens is 2. The molecule has 0 saturated carbocycles. The van der Waals surface area contributed by atoms with Gasteiger partial charge in [0, 0.05) is 26.5 Å². The van der Waals surface area contributed by atoms with Crippen LogP contribution in [0.1, 0.15) is 10.4 Å². The van der Waals surface area contributed by atoms with E-state index in [2.05, 4.69) is 31.4 Å². The summed E-state index contributed by atoms with van der Waals surface area (Å²) in [4.78, 5) is 12.2. The first-order valence-corrected chi connectivity index (χ1v) is 6.79. The van der Waals surface area contributed by atoms with Crippen LogP contribution < -0.4 is 5.32 Å². The van der Waals surface area contributed by atoms with Crippen molar-refractivity contribution in [1.82, 2.24) is 10.2 Å². The Morgan fingerprint density at radius 3 is 2.60 bits per heavy atom. The number of rotatable bonds is 2. The molecule has 3 aromatic rings. The van der Waals surface area contributed by atoms with Gasteiger partial charge in [0.2, 0.25) is 0 Å². The third kappa shape index (κ3) is 2.67. The van der Waals surface area contributed by atoms with Crippen LogP contribution in [-0.2, 0) is 0 Å². The third-order valence-corrected chi connectivity index (χ3v) is 3.39. The van der Waals surface area contributed by atoms with Gasteiger partial charge in [0.15, 0.2) is 0 Å². The maximum Gasteiger partial charge on any atom is 0.255 e. The number of halogens is 1. The quantitative estimate of drug-likeness (QED) is 0.781. The number of hydrogen-bond donors (Lipinski definition) is 1. The van der Waals surface area contributed by atoms with E-state index < -0.39 is 0 Å². The maximum absolute atomic E-state index is 12.2. The lowest BCUT2D eigenvalue weighted by molar-refractivity contribution is 0.102. The molecule has 0 unspecified atom stereocenters. The van der Waals surface area contributed by atoms with Crippen LogP contribution in [0.4, 0.5) is 5.69 Å². The Hall–Kier alpha value is -2.27. The number of fused-ring (bicyclic) bond motifs is 1. The van der Waals surface area contributed by atoms with Crippen LogP contribution >= 0.6 is 15.9 Å². The van der Waals surface area contributed by atoms with Crippen LogP contribution in [0.15, 0.2) is 59.3 Å². The summed E-state index contributed by atoms with van der Waals surface area (Å²) in [5, 5.41) is 12.3. The zero-order valence-electron chi connectivity index (χ0n) is 10.4. The average molecular weight is 328 g/mol. The van der Waals surface area contributed by atoms with E-state index in [1.54, 1.807) is 24.5 Å². The number of hydrogen-bond acceptors (Lipinski definition) is 3. The lowest BCUT2D eigenvalue weighted by Gasteiger charge is -2.06. The monoisotopic (exact) mass is 327 g/mol. The number of benzene rings is 2. The average Bonchev–Trinajstić information content (AvgIpc) is 2.47. The van der Waals surface area contributed by atoms with Crippen molar-refractivity contribution in [2.45, 2.75) is 0 Å². The van der Waals surface area contributed by atoms with Crippen molar-refractivity contribution in [2.24, 2.45) is 0 Å². The van der Waals surface area contributed by atoms with Crippen molar-refractivity contribution in [3.8, 4) is 0 Å². The molecule has 98 valence electrons. The van der Waals surface area contributed by atoms with Crippen molar-refractivity contribution < 1.29 is 4.79 Å². The number of amides is 1. The van der Waals surface area contributed by atoms with Gasteiger partial charge in [0.25, 0.3) is 5.91 Å². The predicted octanol–water partition coefficient (Wildman–Crippen LogP) is 3.64. The molecule has 0 atom stereocenters. The van der Waals surface area contributed by atoms with Gasteiger partial charge in [-0.05, 0) is 30.3 Å². The minimum atomic E-state index is -0.151. The molecule has 0 saturated heterocycles. The van der Waals surface area contributed by atoms with Crippen molar-refractivity contribution in [3.05, 3.63) is 64.9 Å². The molecule has 5 heteroatoms. The van der Waals surface area contributed by atoms with E-state index in [-0.39, 0.29) is 5.91 Å². The normalized spacial score (nSPS) is 10.4. The number of carbonyl (C=O) groups excluding carboxylic acids is 1. The van der Waals surface area contributed by atoms with E-state index in [1.165, 1.54) is 0 Å². The van der Waals surface area contributed by atoms with Gasteiger partial charge >= 0.3 is 0 Å². The van der Waals surface area contributed by atoms with Crippen LogP contribution in [-0.4, -0.2) is 16.1 Å². The van der Waals surface area contributed by atoms with Crippen molar-refractivity contribution in [2.75, 3.05) is 5.32 Å². The van der Waals surface area contributed by atoms with Gasteiger partial charge < -0.3 is 5.32 Å². The van der Waals surface area contributed by atoms with Gasteiger partial charge in [-0.25, -0.2) is 0 Å². The summed E-state index contributed by atoms with van der Waals surface area (Å²) in [7, 11) is 0. The van der Waals surface area contributed by atoms with Crippen molar-refractivity contribution in [1.29, 1.82) is 0 Å². The zero-order chi connectivity index (χ0) is 13.9.